The van der Waals surface area contributed by atoms with Crippen LogP contribution in [0.3, 0.4) is 0 Å². The Morgan fingerprint density at radius 2 is 1.36 bits per heavy atom. The predicted molar refractivity (Wildman–Crippen MR) is 107 cm³/mol. The van der Waals surface area contributed by atoms with Gasteiger partial charge in [0.1, 0.15) is 11.5 Å². The minimum Gasteiger partial charge on any atom is -0.497 e. The number of carbonyl (C=O) groups is 1. The highest BCUT2D eigenvalue weighted by Crippen LogP contribution is 2.30. The van der Waals surface area contributed by atoms with Crippen LogP contribution in [-0.4, -0.2) is 65.4 Å². The van der Waals surface area contributed by atoms with Crippen molar-refractivity contribution in [3.8, 4) is 23.0 Å². The number of hydrogen-bond donors (Lipinski definition) is 0. The fourth-order valence-corrected chi connectivity index (χ4v) is 3.29. The van der Waals surface area contributed by atoms with Gasteiger partial charge in [0.15, 0.2) is 11.5 Å². The molecule has 0 radical (unpaired) electrons. The molecule has 0 bridgehead atoms. The molecule has 1 saturated heterocycles. The third-order valence-corrected chi connectivity index (χ3v) is 4.90. The SMILES string of the molecule is COc1cc(OC)cc(N2CCN(C(=O)c3ccc(OC)c(OC)c3)CC2)c1. The first-order valence-corrected chi connectivity index (χ1v) is 9.09. The Kier molecular flexibility index (Phi) is 6.13. The van der Waals surface area contributed by atoms with Gasteiger partial charge in [0.25, 0.3) is 5.91 Å². The van der Waals surface area contributed by atoms with Gasteiger partial charge in [0, 0.05) is 55.6 Å². The molecule has 0 saturated carbocycles. The molecule has 3 rings (SSSR count). The van der Waals surface area contributed by atoms with Crippen molar-refractivity contribution in [1.82, 2.24) is 4.90 Å². The van der Waals surface area contributed by atoms with Crippen molar-refractivity contribution in [2.45, 2.75) is 0 Å². The maximum absolute atomic E-state index is 12.9. The minimum atomic E-state index is -0.0103. The number of nitrogens with zero attached hydrogens (tertiary/aromatic N) is 2. The Bertz CT molecular complexity index is 809. The van der Waals surface area contributed by atoms with E-state index in [1.165, 1.54) is 0 Å². The van der Waals surface area contributed by atoms with Crippen molar-refractivity contribution < 1.29 is 23.7 Å². The Morgan fingerprint density at radius 3 is 1.89 bits per heavy atom. The van der Waals surface area contributed by atoms with Gasteiger partial charge in [0.2, 0.25) is 0 Å². The number of ether oxygens (including phenoxy) is 4. The fourth-order valence-electron chi connectivity index (χ4n) is 3.29. The zero-order valence-corrected chi connectivity index (χ0v) is 16.7. The summed E-state index contributed by atoms with van der Waals surface area (Å²) in [5, 5.41) is 0. The molecule has 0 atom stereocenters. The van der Waals surface area contributed by atoms with E-state index in [4.69, 9.17) is 18.9 Å². The molecule has 0 N–H and O–H groups in total. The lowest BCUT2D eigenvalue weighted by molar-refractivity contribution is 0.0746. The summed E-state index contributed by atoms with van der Waals surface area (Å²) in [6.45, 7) is 2.73. The molecular weight excluding hydrogens is 360 g/mol. The van der Waals surface area contributed by atoms with Crippen LogP contribution in [0.2, 0.25) is 0 Å². The Balaban J connectivity index is 1.69. The van der Waals surface area contributed by atoms with Crippen LogP contribution in [0.4, 0.5) is 5.69 Å². The van der Waals surface area contributed by atoms with Crippen LogP contribution < -0.4 is 23.8 Å². The molecular formula is C21H26N2O5. The molecule has 1 aliphatic rings. The van der Waals surface area contributed by atoms with Crippen LogP contribution in [0.15, 0.2) is 36.4 Å². The van der Waals surface area contributed by atoms with Crippen LogP contribution >= 0.6 is 0 Å². The molecule has 1 aliphatic heterocycles. The second-order valence-corrected chi connectivity index (χ2v) is 6.42. The highest BCUT2D eigenvalue weighted by molar-refractivity contribution is 5.95. The summed E-state index contributed by atoms with van der Waals surface area (Å²) in [5.74, 6) is 2.64. The van der Waals surface area contributed by atoms with Crippen molar-refractivity contribution in [2.75, 3.05) is 59.5 Å². The van der Waals surface area contributed by atoms with Crippen molar-refractivity contribution in [2.24, 2.45) is 0 Å². The quantitative estimate of drug-likeness (QED) is 0.761. The molecule has 28 heavy (non-hydrogen) atoms. The smallest absolute Gasteiger partial charge is 0.254 e. The number of carbonyl (C=O) groups excluding carboxylic acids is 1. The molecule has 1 fully saturated rings. The van der Waals surface area contributed by atoms with E-state index in [1.807, 2.05) is 23.1 Å². The van der Waals surface area contributed by atoms with Gasteiger partial charge in [-0.05, 0) is 18.2 Å². The van der Waals surface area contributed by atoms with Crippen LogP contribution in [0.1, 0.15) is 10.4 Å². The number of hydrogen-bond acceptors (Lipinski definition) is 6. The lowest BCUT2D eigenvalue weighted by Gasteiger charge is -2.36. The standard InChI is InChI=1S/C21H26N2O5/c1-25-17-12-16(13-18(14-17)26-2)22-7-9-23(10-8-22)21(24)15-5-6-19(27-3)20(11-15)28-4/h5-6,11-14H,7-10H2,1-4H3. The van der Waals surface area contributed by atoms with Crippen LogP contribution in [0, 0.1) is 0 Å². The van der Waals surface area contributed by atoms with Gasteiger partial charge in [-0.2, -0.15) is 0 Å². The maximum atomic E-state index is 12.9. The number of amides is 1. The summed E-state index contributed by atoms with van der Waals surface area (Å²) in [6, 6.07) is 11.1. The summed E-state index contributed by atoms with van der Waals surface area (Å²) < 4.78 is 21.3. The van der Waals surface area contributed by atoms with E-state index in [-0.39, 0.29) is 5.91 Å². The lowest BCUT2D eigenvalue weighted by atomic mass is 10.1. The molecule has 0 unspecified atom stereocenters. The zero-order chi connectivity index (χ0) is 20.1. The van der Waals surface area contributed by atoms with Crippen molar-refractivity contribution in [1.29, 1.82) is 0 Å². The Morgan fingerprint density at radius 1 is 0.750 bits per heavy atom. The van der Waals surface area contributed by atoms with Crippen molar-refractivity contribution in [3.63, 3.8) is 0 Å². The largest absolute Gasteiger partial charge is 0.497 e. The second-order valence-electron chi connectivity index (χ2n) is 6.42. The number of rotatable bonds is 6. The second kappa shape index (κ2) is 8.73. The van der Waals surface area contributed by atoms with Gasteiger partial charge in [-0.15, -0.1) is 0 Å². The third kappa shape index (κ3) is 4.08. The molecule has 0 aromatic heterocycles. The van der Waals surface area contributed by atoms with E-state index in [9.17, 15) is 4.79 Å². The average Bonchev–Trinajstić information content (AvgIpc) is 2.77. The fraction of sp³-hybridized carbons (Fsp3) is 0.381. The summed E-state index contributed by atoms with van der Waals surface area (Å²) in [6.07, 6.45) is 0. The van der Waals surface area contributed by atoms with Gasteiger partial charge in [-0.25, -0.2) is 0 Å². The lowest BCUT2D eigenvalue weighted by Crippen LogP contribution is -2.48. The number of anilines is 1. The molecule has 150 valence electrons. The van der Waals surface area contributed by atoms with Crippen LogP contribution in [0.5, 0.6) is 23.0 Å². The molecule has 0 aliphatic carbocycles. The van der Waals surface area contributed by atoms with Gasteiger partial charge >= 0.3 is 0 Å². The van der Waals surface area contributed by atoms with E-state index in [2.05, 4.69) is 4.90 Å². The predicted octanol–water partition coefficient (Wildman–Crippen LogP) is 2.68. The maximum Gasteiger partial charge on any atom is 0.254 e. The highest BCUT2D eigenvalue weighted by atomic mass is 16.5. The number of piperazine rings is 1. The number of methoxy groups -OCH3 is 4. The van der Waals surface area contributed by atoms with Crippen molar-refractivity contribution in [3.05, 3.63) is 42.0 Å². The monoisotopic (exact) mass is 386 g/mol. The van der Waals surface area contributed by atoms with Gasteiger partial charge < -0.3 is 28.7 Å². The molecule has 2 aromatic rings. The first kappa shape index (κ1) is 19.7. The summed E-state index contributed by atoms with van der Waals surface area (Å²) >= 11 is 0. The zero-order valence-electron chi connectivity index (χ0n) is 16.7. The average molecular weight is 386 g/mol. The van der Waals surface area contributed by atoms with E-state index in [0.717, 1.165) is 30.3 Å². The van der Waals surface area contributed by atoms with E-state index >= 15 is 0 Å². The van der Waals surface area contributed by atoms with Gasteiger partial charge in [-0.3, -0.25) is 4.79 Å². The van der Waals surface area contributed by atoms with E-state index in [1.54, 1.807) is 46.6 Å². The first-order valence-electron chi connectivity index (χ1n) is 9.09. The number of benzene rings is 2. The summed E-state index contributed by atoms with van der Waals surface area (Å²) in [5.41, 5.74) is 1.61. The molecule has 2 aromatic carbocycles. The van der Waals surface area contributed by atoms with E-state index < -0.39 is 0 Å². The molecule has 0 spiro atoms. The van der Waals surface area contributed by atoms with Crippen molar-refractivity contribution >= 4 is 11.6 Å². The molecule has 1 heterocycles. The molecule has 7 nitrogen and oxygen atoms in total. The van der Waals surface area contributed by atoms with Crippen LogP contribution in [-0.2, 0) is 0 Å². The van der Waals surface area contributed by atoms with Gasteiger partial charge in [-0.1, -0.05) is 0 Å². The first-order chi connectivity index (χ1) is 13.6. The molecule has 1 amide bonds. The summed E-state index contributed by atoms with van der Waals surface area (Å²) in [4.78, 5) is 17.0. The van der Waals surface area contributed by atoms with E-state index in [0.29, 0.717) is 30.2 Å². The summed E-state index contributed by atoms with van der Waals surface area (Å²) in [7, 11) is 6.41. The minimum absolute atomic E-state index is 0.0103. The highest BCUT2D eigenvalue weighted by Gasteiger charge is 2.24. The topological polar surface area (TPSA) is 60.5 Å². The normalized spacial score (nSPS) is 13.9. The molecule has 7 heteroatoms. The third-order valence-electron chi connectivity index (χ3n) is 4.90. The van der Waals surface area contributed by atoms with Crippen LogP contribution in [0.25, 0.3) is 0 Å². The Labute approximate surface area is 165 Å². The van der Waals surface area contributed by atoms with Gasteiger partial charge in [0.05, 0.1) is 28.4 Å². The Hall–Kier alpha value is -3.09.